The molecule has 0 saturated carbocycles. The van der Waals surface area contributed by atoms with Crippen LogP contribution < -0.4 is 4.90 Å². The van der Waals surface area contributed by atoms with Gasteiger partial charge >= 0.3 is 0 Å². The van der Waals surface area contributed by atoms with Gasteiger partial charge in [0.1, 0.15) is 17.3 Å². The van der Waals surface area contributed by atoms with Crippen molar-refractivity contribution in [3.63, 3.8) is 0 Å². The maximum absolute atomic E-state index is 10.1. The first-order chi connectivity index (χ1) is 13.1. The molecular weight excluding hydrogens is 350 g/mol. The van der Waals surface area contributed by atoms with Crippen molar-refractivity contribution >= 4 is 28.0 Å². The second-order valence-corrected chi connectivity index (χ2v) is 9.47. The number of hydrogen-bond donors (Lipinski definition) is 1. The lowest BCUT2D eigenvalue weighted by Crippen LogP contribution is -2.12. The van der Waals surface area contributed by atoms with E-state index in [2.05, 4.69) is 66.4 Å². The van der Waals surface area contributed by atoms with Gasteiger partial charge in [-0.15, -0.1) is 0 Å². The van der Waals surface area contributed by atoms with Crippen LogP contribution in [0.3, 0.4) is 0 Å². The maximum atomic E-state index is 10.1. The predicted octanol–water partition coefficient (Wildman–Crippen LogP) is 6.25. The molecular formula is C24H26NOS+. The summed E-state index contributed by atoms with van der Waals surface area (Å²) >= 11 is 0. The molecule has 1 aliphatic rings. The highest BCUT2D eigenvalue weighted by atomic mass is 32.2. The van der Waals surface area contributed by atoms with Gasteiger partial charge in [0.25, 0.3) is 0 Å². The highest BCUT2D eigenvalue weighted by molar-refractivity contribution is 7.97. The lowest BCUT2D eigenvalue weighted by molar-refractivity contribution is 0.470. The Morgan fingerprint density at radius 1 is 0.778 bits per heavy atom. The van der Waals surface area contributed by atoms with Crippen molar-refractivity contribution in [1.29, 1.82) is 0 Å². The van der Waals surface area contributed by atoms with Crippen LogP contribution in [0.4, 0.5) is 17.1 Å². The monoisotopic (exact) mass is 376 g/mol. The Morgan fingerprint density at radius 2 is 1.41 bits per heavy atom. The van der Waals surface area contributed by atoms with E-state index in [-0.39, 0.29) is 0 Å². The van der Waals surface area contributed by atoms with E-state index >= 15 is 0 Å². The zero-order chi connectivity index (χ0) is 18.8. The zero-order valence-electron chi connectivity index (χ0n) is 16.0. The average molecular weight is 377 g/mol. The highest BCUT2D eigenvalue weighted by Crippen LogP contribution is 2.39. The Labute approximate surface area is 164 Å². The van der Waals surface area contributed by atoms with Gasteiger partial charge in [0, 0.05) is 28.0 Å². The number of benzene rings is 3. The van der Waals surface area contributed by atoms with Gasteiger partial charge in [-0.1, -0.05) is 18.2 Å². The molecule has 1 fully saturated rings. The summed E-state index contributed by atoms with van der Waals surface area (Å²) in [6, 6.07) is 23.5. The van der Waals surface area contributed by atoms with Gasteiger partial charge in [0.05, 0.1) is 0 Å². The summed E-state index contributed by atoms with van der Waals surface area (Å²) in [5.74, 6) is 3.04. The van der Waals surface area contributed by atoms with E-state index in [0.29, 0.717) is 16.6 Å². The van der Waals surface area contributed by atoms with Crippen molar-refractivity contribution in [2.75, 3.05) is 16.4 Å². The van der Waals surface area contributed by atoms with E-state index in [1.807, 2.05) is 19.1 Å². The predicted molar refractivity (Wildman–Crippen MR) is 117 cm³/mol. The minimum Gasteiger partial charge on any atom is -0.508 e. The topological polar surface area (TPSA) is 23.5 Å². The van der Waals surface area contributed by atoms with Crippen molar-refractivity contribution in [1.82, 2.24) is 0 Å². The number of aromatic hydroxyl groups is 1. The van der Waals surface area contributed by atoms with E-state index in [9.17, 15) is 5.11 Å². The van der Waals surface area contributed by atoms with Crippen LogP contribution >= 0.6 is 0 Å². The van der Waals surface area contributed by atoms with Crippen molar-refractivity contribution in [2.45, 2.75) is 31.6 Å². The lowest BCUT2D eigenvalue weighted by Gasteiger charge is -2.27. The quantitative estimate of drug-likeness (QED) is 0.544. The first kappa shape index (κ1) is 18.0. The summed E-state index contributed by atoms with van der Waals surface area (Å²) in [5.41, 5.74) is 5.33. The van der Waals surface area contributed by atoms with Crippen LogP contribution in [-0.2, 0) is 10.9 Å². The van der Waals surface area contributed by atoms with Gasteiger partial charge in [-0.25, -0.2) is 0 Å². The first-order valence-corrected chi connectivity index (χ1v) is 11.1. The molecule has 0 amide bonds. The molecule has 1 heterocycles. The average Bonchev–Trinajstić information content (AvgIpc) is 3.22. The fourth-order valence-electron chi connectivity index (χ4n) is 3.71. The standard InChI is InChI=1S/C24H25NOS/c1-18-17-24(26)19(2)16-23(18)25(20-8-4-3-5-9-20)21-10-12-22(13-11-21)27-14-6-7-15-27/h3-5,8-13,16-17H,6-7,14-15H2,1-2H3/p+1. The SMILES string of the molecule is Cc1cc(N(c2ccccc2)c2ccc([S+]3CCCC3)cc2)c(C)cc1O. The van der Waals surface area contributed by atoms with Gasteiger partial charge in [-0.2, -0.15) is 0 Å². The molecule has 0 bridgehead atoms. The molecule has 0 spiro atoms. The normalized spacial score (nSPS) is 14.4. The summed E-state index contributed by atoms with van der Waals surface area (Å²) in [6.07, 6.45) is 2.74. The third-order valence-corrected chi connectivity index (χ3v) is 7.73. The van der Waals surface area contributed by atoms with E-state index in [4.69, 9.17) is 0 Å². The molecule has 0 aromatic heterocycles. The molecule has 138 valence electrons. The highest BCUT2D eigenvalue weighted by Gasteiger charge is 2.27. The number of anilines is 3. The number of para-hydroxylation sites is 1. The minimum absolute atomic E-state index is 0.349. The smallest absolute Gasteiger partial charge is 0.155 e. The van der Waals surface area contributed by atoms with Crippen LogP contribution in [0.2, 0.25) is 0 Å². The minimum atomic E-state index is 0.349. The second kappa shape index (κ2) is 7.69. The summed E-state index contributed by atoms with van der Waals surface area (Å²) < 4.78 is 0. The van der Waals surface area contributed by atoms with Crippen molar-refractivity contribution < 1.29 is 5.11 Å². The Balaban J connectivity index is 1.78. The van der Waals surface area contributed by atoms with Crippen LogP contribution in [0.25, 0.3) is 0 Å². The summed E-state index contributed by atoms with van der Waals surface area (Å²) in [4.78, 5) is 3.77. The Bertz CT molecular complexity index is 915. The van der Waals surface area contributed by atoms with Gasteiger partial charge in [0.2, 0.25) is 0 Å². The van der Waals surface area contributed by atoms with E-state index in [0.717, 1.165) is 28.2 Å². The molecule has 3 aromatic rings. The summed E-state index contributed by atoms with van der Waals surface area (Å²) in [6.45, 7) is 4.00. The Hall–Kier alpha value is -2.39. The van der Waals surface area contributed by atoms with Crippen LogP contribution in [0.5, 0.6) is 5.75 Å². The number of nitrogens with zero attached hydrogens (tertiary/aromatic N) is 1. The fraction of sp³-hybridized carbons (Fsp3) is 0.250. The Kier molecular flexibility index (Phi) is 5.13. The van der Waals surface area contributed by atoms with Gasteiger partial charge < -0.3 is 10.0 Å². The molecule has 0 unspecified atom stereocenters. The molecule has 0 aliphatic carbocycles. The number of phenols is 1. The van der Waals surface area contributed by atoms with Crippen LogP contribution in [0.15, 0.2) is 71.6 Å². The molecule has 3 aromatic carbocycles. The molecule has 1 aliphatic heterocycles. The van der Waals surface area contributed by atoms with E-state index in [1.165, 1.54) is 29.2 Å². The van der Waals surface area contributed by atoms with E-state index < -0.39 is 0 Å². The molecule has 3 heteroatoms. The zero-order valence-corrected chi connectivity index (χ0v) is 16.8. The first-order valence-electron chi connectivity index (χ1n) is 9.56. The molecule has 0 atom stereocenters. The third kappa shape index (κ3) is 3.70. The van der Waals surface area contributed by atoms with Crippen molar-refractivity contribution in [3.8, 4) is 5.75 Å². The molecule has 4 rings (SSSR count). The largest absolute Gasteiger partial charge is 0.508 e. The van der Waals surface area contributed by atoms with Crippen LogP contribution in [0.1, 0.15) is 24.0 Å². The van der Waals surface area contributed by atoms with Gasteiger partial charge in [-0.05, 0) is 86.3 Å². The van der Waals surface area contributed by atoms with Crippen LogP contribution in [-0.4, -0.2) is 16.6 Å². The third-order valence-electron chi connectivity index (χ3n) is 5.23. The number of aryl methyl sites for hydroxylation is 2. The summed E-state index contributed by atoms with van der Waals surface area (Å²) in [5, 5.41) is 10.1. The number of rotatable bonds is 4. The summed E-state index contributed by atoms with van der Waals surface area (Å²) in [7, 11) is 0.436. The molecule has 0 radical (unpaired) electrons. The molecule has 1 saturated heterocycles. The van der Waals surface area contributed by atoms with Crippen LogP contribution in [0, 0.1) is 13.8 Å². The number of phenolic OH excluding ortho intramolecular Hbond substituents is 1. The van der Waals surface area contributed by atoms with Gasteiger partial charge in [0.15, 0.2) is 4.90 Å². The molecule has 27 heavy (non-hydrogen) atoms. The molecule has 1 N–H and O–H groups in total. The fourth-order valence-corrected chi connectivity index (χ4v) is 6.01. The lowest BCUT2D eigenvalue weighted by atomic mass is 10.1. The molecule has 2 nitrogen and oxygen atoms in total. The van der Waals surface area contributed by atoms with E-state index in [1.54, 1.807) is 0 Å². The van der Waals surface area contributed by atoms with Gasteiger partial charge in [-0.3, -0.25) is 0 Å². The number of hydrogen-bond acceptors (Lipinski definition) is 2. The van der Waals surface area contributed by atoms with Crippen molar-refractivity contribution in [2.24, 2.45) is 0 Å². The maximum Gasteiger partial charge on any atom is 0.155 e. The Morgan fingerprint density at radius 3 is 2.07 bits per heavy atom. The van der Waals surface area contributed by atoms with Crippen molar-refractivity contribution in [3.05, 3.63) is 77.9 Å². The second-order valence-electron chi connectivity index (χ2n) is 7.20.